The van der Waals surface area contributed by atoms with Gasteiger partial charge in [0.05, 0.1) is 0 Å². The van der Waals surface area contributed by atoms with Crippen molar-refractivity contribution in [1.29, 1.82) is 0 Å². The van der Waals surface area contributed by atoms with Crippen LogP contribution in [0.1, 0.15) is 11.6 Å². The molecule has 0 heterocycles. The van der Waals surface area contributed by atoms with Crippen LogP contribution in [-0.2, 0) is 0 Å². The summed E-state index contributed by atoms with van der Waals surface area (Å²) in [7, 11) is 4.06. The van der Waals surface area contributed by atoms with E-state index in [0.717, 1.165) is 18.7 Å². The molecule has 17 heavy (non-hydrogen) atoms. The van der Waals surface area contributed by atoms with Crippen LogP contribution in [-0.4, -0.2) is 38.6 Å². The van der Waals surface area contributed by atoms with Gasteiger partial charge in [-0.05, 0) is 26.2 Å². The summed E-state index contributed by atoms with van der Waals surface area (Å²) in [4.78, 5) is 2.11. The second-order valence-corrected chi connectivity index (χ2v) is 5.00. The number of nitrogens with one attached hydrogen (secondary N) is 1. The first-order valence-electron chi connectivity index (χ1n) is 5.58. The highest BCUT2D eigenvalue weighted by atomic mass is 35.5. The normalized spacial score (nSPS) is 13.1. The van der Waals surface area contributed by atoms with Crippen LogP contribution in [0.15, 0.2) is 18.2 Å². The van der Waals surface area contributed by atoms with Gasteiger partial charge < -0.3 is 16.0 Å². The van der Waals surface area contributed by atoms with E-state index in [2.05, 4.69) is 10.2 Å². The number of rotatable bonds is 6. The molecule has 0 fully saturated rings. The Hall–Kier alpha value is -0.320. The molecule has 1 aromatic rings. The summed E-state index contributed by atoms with van der Waals surface area (Å²) in [6.07, 6.45) is 0. The predicted octanol–water partition coefficient (Wildman–Crippen LogP) is 2.14. The molecule has 3 N–H and O–H groups in total. The molecule has 1 aromatic carbocycles. The van der Waals surface area contributed by atoms with Gasteiger partial charge in [-0.2, -0.15) is 0 Å². The van der Waals surface area contributed by atoms with Crippen molar-refractivity contribution in [1.82, 2.24) is 10.2 Å². The van der Waals surface area contributed by atoms with Crippen LogP contribution < -0.4 is 11.1 Å². The molecular weight excluding hydrogens is 257 g/mol. The van der Waals surface area contributed by atoms with E-state index in [9.17, 15) is 0 Å². The Morgan fingerprint density at radius 1 is 1.29 bits per heavy atom. The number of hydrogen-bond acceptors (Lipinski definition) is 3. The van der Waals surface area contributed by atoms with E-state index >= 15 is 0 Å². The lowest BCUT2D eigenvalue weighted by molar-refractivity contribution is 0.386. The second kappa shape index (κ2) is 7.19. The average Bonchev–Trinajstić information content (AvgIpc) is 2.26. The molecule has 0 bridgehead atoms. The third kappa shape index (κ3) is 4.45. The van der Waals surface area contributed by atoms with Gasteiger partial charge in [-0.15, -0.1) is 0 Å². The van der Waals surface area contributed by atoms with Crippen LogP contribution in [0.2, 0.25) is 10.0 Å². The van der Waals surface area contributed by atoms with Crippen molar-refractivity contribution in [3.63, 3.8) is 0 Å². The minimum absolute atomic E-state index is 0.00356. The van der Waals surface area contributed by atoms with Crippen molar-refractivity contribution in [2.75, 3.05) is 33.7 Å². The van der Waals surface area contributed by atoms with Gasteiger partial charge in [-0.1, -0.05) is 29.3 Å². The molecule has 0 amide bonds. The molecule has 0 spiro atoms. The van der Waals surface area contributed by atoms with Gasteiger partial charge in [0.15, 0.2) is 0 Å². The van der Waals surface area contributed by atoms with Gasteiger partial charge in [0.2, 0.25) is 0 Å². The van der Waals surface area contributed by atoms with Gasteiger partial charge in [0.1, 0.15) is 0 Å². The van der Waals surface area contributed by atoms with Crippen LogP contribution in [0.4, 0.5) is 0 Å². The Morgan fingerprint density at radius 3 is 2.35 bits per heavy atom. The molecular formula is C12H19Cl2N3. The van der Waals surface area contributed by atoms with Crippen molar-refractivity contribution >= 4 is 23.2 Å². The van der Waals surface area contributed by atoms with Gasteiger partial charge in [-0.25, -0.2) is 0 Å². The summed E-state index contributed by atoms with van der Waals surface area (Å²) in [6, 6.07) is 5.50. The van der Waals surface area contributed by atoms with Gasteiger partial charge in [0.25, 0.3) is 0 Å². The number of benzene rings is 1. The molecule has 0 aromatic heterocycles. The quantitative estimate of drug-likeness (QED) is 0.836. The van der Waals surface area contributed by atoms with E-state index in [1.807, 2.05) is 32.3 Å². The van der Waals surface area contributed by atoms with Crippen molar-refractivity contribution in [3.8, 4) is 0 Å². The van der Waals surface area contributed by atoms with Gasteiger partial charge in [0, 0.05) is 41.3 Å². The molecule has 96 valence electrons. The molecule has 3 nitrogen and oxygen atoms in total. The minimum atomic E-state index is -0.00356. The Bertz CT molecular complexity index is 335. The van der Waals surface area contributed by atoms with Gasteiger partial charge in [-0.3, -0.25) is 0 Å². The zero-order valence-electron chi connectivity index (χ0n) is 10.2. The molecule has 0 aliphatic rings. The van der Waals surface area contributed by atoms with Crippen molar-refractivity contribution in [2.45, 2.75) is 6.04 Å². The topological polar surface area (TPSA) is 41.3 Å². The second-order valence-electron chi connectivity index (χ2n) is 4.18. The summed E-state index contributed by atoms with van der Waals surface area (Å²) in [5.74, 6) is 0. The third-order valence-electron chi connectivity index (χ3n) is 2.53. The maximum atomic E-state index is 6.15. The van der Waals surface area contributed by atoms with Crippen LogP contribution >= 0.6 is 23.2 Å². The Kier molecular flexibility index (Phi) is 6.23. The maximum absolute atomic E-state index is 6.15. The number of halogens is 2. The first-order valence-corrected chi connectivity index (χ1v) is 6.34. The lowest BCUT2D eigenvalue weighted by atomic mass is 10.1. The SMILES string of the molecule is CN(C)CCNC(CN)c1c(Cl)cccc1Cl. The number of hydrogen-bond donors (Lipinski definition) is 2. The van der Waals surface area contributed by atoms with E-state index in [4.69, 9.17) is 28.9 Å². The largest absolute Gasteiger partial charge is 0.329 e. The number of nitrogens with zero attached hydrogens (tertiary/aromatic N) is 1. The lowest BCUT2D eigenvalue weighted by Gasteiger charge is -2.21. The highest BCUT2D eigenvalue weighted by Gasteiger charge is 2.15. The number of likely N-dealkylation sites (N-methyl/N-ethyl adjacent to an activating group) is 1. The zero-order chi connectivity index (χ0) is 12.8. The molecule has 0 saturated carbocycles. The first kappa shape index (κ1) is 14.7. The molecule has 0 radical (unpaired) electrons. The molecule has 5 heteroatoms. The molecule has 0 aliphatic carbocycles. The Balaban J connectivity index is 2.72. The lowest BCUT2D eigenvalue weighted by Crippen LogP contribution is -2.33. The van der Waals surface area contributed by atoms with Crippen LogP contribution in [0.25, 0.3) is 0 Å². The van der Waals surface area contributed by atoms with E-state index < -0.39 is 0 Å². The van der Waals surface area contributed by atoms with E-state index in [0.29, 0.717) is 16.6 Å². The minimum Gasteiger partial charge on any atom is -0.329 e. The summed E-state index contributed by atoms with van der Waals surface area (Å²) in [6.45, 7) is 2.26. The molecule has 0 saturated heterocycles. The molecule has 1 unspecified atom stereocenters. The molecule has 1 rings (SSSR count). The fourth-order valence-electron chi connectivity index (χ4n) is 1.61. The monoisotopic (exact) mass is 275 g/mol. The predicted molar refractivity (Wildman–Crippen MR) is 74.8 cm³/mol. The third-order valence-corrected chi connectivity index (χ3v) is 3.19. The Labute approximate surface area is 113 Å². The van der Waals surface area contributed by atoms with Crippen LogP contribution in [0.3, 0.4) is 0 Å². The van der Waals surface area contributed by atoms with Crippen LogP contribution in [0.5, 0.6) is 0 Å². The fraction of sp³-hybridized carbons (Fsp3) is 0.500. The number of nitrogens with two attached hydrogens (primary N) is 1. The van der Waals surface area contributed by atoms with Crippen LogP contribution in [0, 0.1) is 0 Å². The molecule has 1 atom stereocenters. The van der Waals surface area contributed by atoms with Crippen molar-refractivity contribution in [2.24, 2.45) is 5.73 Å². The van der Waals surface area contributed by atoms with Crippen molar-refractivity contribution in [3.05, 3.63) is 33.8 Å². The summed E-state index contributed by atoms with van der Waals surface area (Å²) in [5.41, 5.74) is 6.65. The smallest absolute Gasteiger partial charge is 0.0474 e. The van der Waals surface area contributed by atoms with E-state index in [1.54, 1.807) is 0 Å². The standard InChI is InChI=1S/C12H19Cl2N3/c1-17(2)7-6-16-11(8-15)12-9(13)4-3-5-10(12)14/h3-5,11,16H,6-8,15H2,1-2H3. The summed E-state index contributed by atoms with van der Waals surface area (Å²) < 4.78 is 0. The highest BCUT2D eigenvalue weighted by Crippen LogP contribution is 2.29. The highest BCUT2D eigenvalue weighted by molar-refractivity contribution is 6.36. The van der Waals surface area contributed by atoms with E-state index in [-0.39, 0.29) is 6.04 Å². The maximum Gasteiger partial charge on any atom is 0.0474 e. The summed E-state index contributed by atoms with van der Waals surface area (Å²) in [5, 5.41) is 4.68. The molecule has 0 aliphatic heterocycles. The first-order chi connectivity index (χ1) is 8.06. The van der Waals surface area contributed by atoms with Gasteiger partial charge >= 0.3 is 0 Å². The summed E-state index contributed by atoms with van der Waals surface area (Å²) >= 11 is 12.3. The fourth-order valence-corrected chi connectivity index (χ4v) is 2.27. The van der Waals surface area contributed by atoms with E-state index in [1.165, 1.54) is 0 Å². The zero-order valence-corrected chi connectivity index (χ0v) is 11.7. The Morgan fingerprint density at radius 2 is 1.88 bits per heavy atom. The van der Waals surface area contributed by atoms with Crippen molar-refractivity contribution < 1.29 is 0 Å². The average molecular weight is 276 g/mol.